The molecule has 1 saturated heterocycles. The van der Waals surface area contributed by atoms with E-state index in [0.29, 0.717) is 11.2 Å². The van der Waals surface area contributed by atoms with Crippen LogP contribution >= 0.6 is 11.6 Å². The number of aliphatic hydroxyl groups excluding tert-OH is 3. The maximum Gasteiger partial charge on any atom is 0.254 e. The first kappa shape index (κ1) is 13.5. The Morgan fingerprint density at radius 1 is 1.40 bits per heavy atom. The number of rotatable bonds is 3. The topological polar surface area (TPSA) is 123 Å². The average molecular weight is 303 g/mol. The fourth-order valence-corrected chi connectivity index (χ4v) is 2.14. The van der Waals surface area contributed by atoms with Crippen molar-refractivity contribution in [1.82, 2.24) is 19.7 Å². The molecule has 2 aromatic rings. The molecule has 0 radical (unpaired) electrons. The number of aliphatic hydroxyl groups is 3. The molecule has 9 nitrogen and oxygen atoms in total. The van der Waals surface area contributed by atoms with Crippen molar-refractivity contribution in [3.8, 4) is 0 Å². The van der Waals surface area contributed by atoms with E-state index in [9.17, 15) is 10.2 Å². The highest BCUT2D eigenvalue weighted by atomic mass is 35.5. The SMILES string of the molecule is OC[C@H]1OC(On2c(Cl)nc3cncnc32)[C@H](O)[C@@H]1O. The van der Waals surface area contributed by atoms with Crippen LogP contribution in [0.2, 0.25) is 5.28 Å². The highest BCUT2D eigenvalue weighted by Gasteiger charge is 2.44. The van der Waals surface area contributed by atoms with Crippen molar-refractivity contribution in [3.05, 3.63) is 17.8 Å². The van der Waals surface area contributed by atoms with Gasteiger partial charge in [0, 0.05) is 0 Å². The second-order valence-electron chi connectivity index (χ2n) is 4.22. The molecule has 3 rings (SSSR count). The number of ether oxygens (including phenoxy) is 1. The molecule has 1 fully saturated rings. The van der Waals surface area contributed by atoms with E-state index in [1.54, 1.807) is 0 Å². The van der Waals surface area contributed by atoms with Gasteiger partial charge in [0.1, 0.15) is 30.2 Å². The fraction of sp³-hybridized carbons (Fsp3) is 0.500. The Labute approximate surface area is 117 Å². The molecule has 2 aromatic heterocycles. The molecule has 0 amide bonds. The van der Waals surface area contributed by atoms with Gasteiger partial charge in [-0.05, 0) is 11.6 Å². The van der Waals surface area contributed by atoms with Crippen LogP contribution in [0.4, 0.5) is 0 Å². The normalized spacial score (nSPS) is 30.0. The molecule has 0 spiro atoms. The molecule has 0 aromatic carbocycles. The lowest BCUT2D eigenvalue weighted by atomic mass is 10.1. The molecular weight excluding hydrogens is 292 g/mol. The first-order valence-corrected chi connectivity index (χ1v) is 6.13. The van der Waals surface area contributed by atoms with E-state index in [0.717, 1.165) is 4.73 Å². The molecule has 1 aliphatic rings. The maximum atomic E-state index is 9.80. The molecule has 108 valence electrons. The van der Waals surface area contributed by atoms with E-state index in [1.807, 2.05) is 0 Å². The number of halogens is 1. The predicted molar refractivity (Wildman–Crippen MR) is 64.7 cm³/mol. The standard InChI is InChI=1S/C10H11ClN4O5/c11-10-14-4-1-12-3-13-8(4)15(10)20-9-7(18)6(17)5(2-16)19-9/h1,3,5-7,9,16-18H,2H2/t5-,6-,7-,9?/m1/s1. The second kappa shape index (κ2) is 5.11. The second-order valence-corrected chi connectivity index (χ2v) is 4.56. The van der Waals surface area contributed by atoms with Gasteiger partial charge < -0.3 is 24.9 Å². The summed E-state index contributed by atoms with van der Waals surface area (Å²) < 4.78 is 6.26. The zero-order chi connectivity index (χ0) is 14.3. The molecule has 10 heteroatoms. The van der Waals surface area contributed by atoms with E-state index in [-0.39, 0.29) is 5.28 Å². The molecule has 1 unspecified atom stereocenters. The lowest BCUT2D eigenvalue weighted by Gasteiger charge is -2.16. The number of fused-ring (bicyclic) bond motifs is 1. The van der Waals surface area contributed by atoms with Gasteiger partial charge in [0.2, 0.25) is 10.9 Å². The number of nitrogens with zero attached hydrogens (tertiary/aromatic N) is 4. The molecule has 0 bridgehead atoms. The summed E-state index contributed by atoms with van der Waals surface area (Å²) in [6.45, 7) is -0.446. The smallest absolute Gasteiger partial charge is 0.254 e. The minimum absolute atomic E-state index is 0.0294. The van der Waals surface area contributed by atoms with Crippen molar-refractivity contribution in [2.24, 2.45) is 0 Å². The summed E-state index contributed by atoms with van der Waals surface area (Å²) in [5, 5.41) is 28.4. The fourth-order valence-electron chi connectivity index (χ4n) is 1.93. The number of imidazole rings is 1. The molecule has 3 heterocycles. The predicted octanol–water partition coefficient (Wildman–Crippen LogP) is -1.65. The Hall–Kier alpha value is -1.52. The average Bonchev–Trinajstić information content (AvgIpc) is 2.91. The van der Waals surface area contributed by atoms with E-state index >= 15 is 0 Å². The summed E-state index contributed by atoms with van der Waals surface area (Å²) in [5.41, 5.74) is 0.701. The lowest BCUT2D eigenvalue weighted by molar-refractivity contribution is -0.168. The van der Waals surface area contributed by atoms with Crippen LogP contribution in [0.25, 0.3) is 11.2 Å². The summed E-state index contributed by atoms with van der Waals surface area (Å²) in [6, 6.07) is 0. The van der Waals surface area contributed by atoms with Gasteiger partial charge in [0.25, 0.3) is 6.29 Å². The van der Waals surface area contributed by atoms with Crippen LogP contribution in [-0.2, 0) is 4.74 Å². The quantitative estimate of drug-likeness (QED) is 0.576. The third-order valence-electron chi connectivity index (χ3n) is 2.95. The minimum atomic E-state index is -1.33. The zero-order valence-electron chi connectivity index (χ0n) is 10.00. The Bertz CT molecular complexity index is 623. The zero-order valence-corrected chi connectivity index (χ0v) is 10.8. The molecular formula is C10H11ClN4O5. The Morgan fingerprint density at radius 3 is 2.90 bits per heavy atom. The molecule has 4 atom stereocenters. The Morgan fingerprint density at radius 2 is 2.20 bits per heavy atom. The molecule has 20 heavy (non-hydrogen) atoms. The Balaban J connectivity index is 1.88. The summed E-state index contributed by atoms with van der Waals surface area (Å²) in [4.78, 5) is 17.1. The van der Waals surface area contributed by atoms with E-state index < -0.39 is 31.2 Å². The summed E-state index contributed by atoms with van der Waals surface area (Å²) >= 11 is 5.91. The monoisotopic (exact) mass is 302 g/mol. The first-order valence-electron chi connectivity index (χ1n) is 5.75. The van der Waals surface area contributed by atoms with Crippen LogP contribution < -0.4 is 4.84 Å². The van der Waals surface area contributed by atoms with Gasteiger partial charge in [-0.3, -0.25) is 0 Å². The van der Waals surface area contributed by atoms with Crippen LogP contribution in [0.1, 0.15) is 0 Å². The summed E-state index contributed by atoms with van der Waals surface area (Å²) in [7, 11) is 0. The molecule has 0 aliphatic carbocycles. The first-order chi connectivity index (χ1) is 9.61. The third-order valence-corrected chi connectivity index (χ3v) is 3.19. The Kier molecular flexibility index (Phi) is 3.44. The lowest BCUT2D eigenvalue weighted by Crippen LogP contribution is -2.38. The van der Waals surface area contributed by atoms with Gasteiger partial charge in [-0.1, -0.05) is 0 Å². The van der Waals surface area contributed by atoms with Crippen molar-refractivity contribution >= 4 is 22.8 Å². The van der Waals surface area contributed by atoms with Crippen LogP contribution in [0, 0.1) is 0 Å². The van der Waals surface area contributed by atoms with Crippen LogP contribution in [0.15, 0.2) is 12.5 Å². The summed E-state index contributed by atoms with van der Waals surface area (Å²) in [6.07, 6.45) is -1.98. The van der Waals surface area contributed by atoms with E-state index in [2.05, 4.69) is 15.0 Å². The molecule has 3 N–H and O–H groups in total. The highest BCUT2D eigenvalue weighted by Crippen LogP contribution is 2.23. The largest absolute Gasteiger partial charge is 0.394 e. The third kappa shape index (κ3) is 2.09. The maximum absolute atomic E-state index is 9.80. The minimum Gasteiger partial charge on any atom is -0.394 e. The molecule has 0 saturated carbocycles. The highest BCUT2D eigenvalue weighted by molar-refractivity contribution is 6.29. The number of aromatic nitrogens is 4. The van der Waals surface area contributed by atoms with Gasteiger partial charge in [0.15, 0.2) is 0 Å². The van der Waals surface area contributed by atoms with E-state index in [4.69, 9.17) is 26.3 Å². The van der Waals surface area contributed by atoms with Gasteiger partial charge in [-0.2, -0.15) is 0 Å². The van der Waals surface area contributed by atoms with Gasteiger partial charge in [0.05, 0.1) is 12.8 Å². The van der Waals surface area contributed by atoms with E-state index in [1.165, 1.54) is 12.5 Å². The van der Waals surface area contributed by atoms with Gasteiger partial charge in [-0.25, -0.2) is 15.0 Å². The van der Waals surface area contributed by atoms with Crippen LogP contribution in [0.3, 0.4) is 0 Å². The van der Waals surface area contributed by atoms with Gasteiger partial charge in [-0.15, -0.1) is 4.73 Å². The number of hydrogen-bond acceptors (Lipinski definition) is 8. The van der Waals surface area contributed by atoms with Gasteiger partial charge >= 0.3 is 0 Å². The van der Waals surface area contributed by atoms with Crippen LogP contribution in [0.5, 0.6) is 0 Å². The van der Waals surface area contributed by atoms with Crippen molar-refractivity contribution in [2.45, 2.75) is 24.6 Å². The van der Waals surface area contributed by atoms with Crippen molar-refractivity contribution in [1.29, 1.82) is 0 Å². The van der Waals surface area contributed by atoms with Crippen molar-refractivity contribution < 1.29 is 24.9 Å². The summed E-state index contributed by atoms with van der Waals surface area (Å²) in [5.74, 6) is 0. The number of hydrogen-bond donors (Lipinski definition) is 3. The molecule has 1 aliphatic heterocycles. The van der Waals surface area contributed by atoms with Crippen LogP contribution in [-0.4, -0.2) is 66.2 Å². The van der Waals surface area contributed by atoms with Crippen molar-refractivity contribution in [3.63, 3.8) is 0 Å². The van der Waals surface area contributed by atoms with Crippen molar-refractivity contribution in [2.75, 3.05) is 6.61 Å².